The van der Waals surface area contributed by atoms with Crippen LogP contribution in [0, 0.1) is 0 Å². The minimum absolute atomic E-state index is 0.0567. The summed E-state index contributed by atoms with van der Waals surface area (Å²) in [5.41, 5.74) is 5.74. The lowest BCUT2D eigenvalue weighted by molar-refractivity contribution is 0.0854. The van der Waals surface area contributed by atoms with Crippen LogP contribution in [-0.2, 0) is 4.74 Å². The van der Waals surface area contributed by atoms with E-state index in [2.05, 4.69) is 24.0 Å². The van der Waals surface area contributed by atoms with Gasteiger partial charge in [-0.15, -0.1) is 0 Å². The SMILES string of the molecule is CCCC(OC)c1noc(C(C)CCCC(C)N)n1. The highest BCUT2D eigenvalue weighted by molar-refractivity contribution is 4.95. The number of hydrogen-bond acceptors (Lipinski definition) is 5. The molecule has 0 aromatic carbocycles. The summed E-state index contributed by atoms with van der Waals surface area (Å²) in [6.07, 6.45) is 5.02. The maximum Gasteiger partial charge on any atom is 0.229 e. The quantitative estimate of drug-likeness (QED) is 0.745. The van der Waals surface area contributed by atoms with E-state index >= 15 is 0 Å². The fourth-order valence-electron chi connectivity index (χ4n) is 2.06. The number of aromatic nitrogens is 2. The van der Waals surface area contributed by atoms with Gasteiger partial charge >= 0.3 is 0 Å². The molecule has 5 nitrogen and oxygen atoms in total. The van der Waals surface area contributed by atoms with Crippen molar-refractivity contribution in [2.45, 2.75) is 70.9 Å². The third kappa shape index (κ3) is 5.28. The Morgan fingerprint density at radius 2 is 2.00 bits per heavy atom. The minimum atomic E-state index is -0.0567. The summed E-state index contributed by atoms with van der Waals surface area (Å²) in [6.45, 7) is 6.26. The van der Waals surface area contributed by atoms with Crippen LogP contribution in [-0.4, -0.2) is 23.3 Å². The van der Waals surface area contributed by atoms with Crippen LogP contribution in [0.2, 0.25) is 0 Å². The van der Waals surface area contributed by atoms with Gasteiger partial charge in [-0.05, 0) is 26.2 Å². The fraction of sp³-hybridized carbons (Fsp3) is 0.857. The number of nitrogens with zero attached hydrogens (tertiary/aromatic N) is 2. The zero-order valence-corrected chi connectivity index (χ0v) is 12.6. The van der Waals surface area contributed by atoms with Crippen molar-refractivity contribution in [2.24, 2.45) is 5.73 Å². The van der Waals surface area contributed by atoms with Gasteiger partial charge in [0.1, 0.15) is 6.10 Å². The molecule has 1 rings (SSSR count). The third-order valence-corrected chi connectivity index (χ3v) is 3.30. The molecule has 1 aromatic rings. The molecule has 0 saturated carbocycles. The smallest absolute Gasteiger partial charge is 0.229 e. The first-order valence-corrected chi connectivity index (χ1v) is 7.20. The van der Waals surface area contributed by atoms with Crippen LogP contribution >= 0.6 is 0 Å². The highest BCUT2D eigenvalue weighted by Crippen LogP contribution is 2.24. The number of ether oxygens (including phenoxy) is 1. The van der Waals surface area contributed by atoms with Gasteiger partial charge in [0.15, 0.2) is 0 Å². The Balaban J connectivity index is 2.52. The molecule has 2 N–H and O–H groups in total. The molecule has 0 bridgehead atoms. The van der Waals surface area contributed by atoms with Crippen molar-refractivity contribution in [1.82, 2.24) is 10.1 Å². The summed E-state index contributed by atoms with van der Waals surface area (Å²) < 4.78 is 10.7. The topological polar surface area (TPSA) is 74.2 Å². The summed E-state index contributed by atoms with van der Waals surface area (Å²) in [5.74, 6) is 1.65. The van der Waals surface area contributed by atoms with E-state index in [1.54, 1.807) is 7.11 Å². The van der Waals surface area contributed by atoms with Crippen molar-refractivity contribution in [3.8, 4) is 0 Å². The lowest BCUT2D eigenvalue weighted by Crippen LogP contribution is -2.14. The molecule has 1 aromatic heterocycles. The van der Waals surface area contributed by atoms with Gasteiger partial charge in [-0.3, -0.25) is 0 Å². The van der Waals surface area contributed by atoms with Crippen molar-refractivity contribution in [2.75, 3.05) is 7.11 Å². The van der Waals surface area contributed by atoms with Gasteiger partial charge < -0.3 is 15.0 Å². The summed E-state index contributed by atoms with van der Waals surface area (Å²) >= 11 is 0. The molecule has 110 valence electrons. The summed E-state index contributed by atoms with van der Waals surface area (Å²) in [4.78, 5) is 4.46. The Labute approximate surface area is 115 Å². The predicted molar refractivity (Wildman–Crippen MR) is 74.9 cm³/mol. The second-order valence-corrected chi connectivity index (χ2v) is 5.31. The molecule has 19 heavy (non-hydrogen) atoms. The van der Waals surface area contributed by atoms with Gasteiger partial charge in [0, 0.05) is 19.1 Å². The van der Waals surface area contributed by atoms with Gasteiger partial charge in [0.05, 0.1) is 0 Å². The van der Waals surface area contributed by atoms with Crippen LogP contribution in [0.5, 0.6) is 0 Å². The Hall–Kier alpha value is -0.940. The van der Waals surface area contributed by atoms with E-state index in [9.17, 15) is 0 Å². The van der Waals surface area contributed by atoms with E-state index < -0.39 is 0 Å². The summed E-state index contributed by atoms with van der Waals surface area (Å²) in [5, 5.41) is 4.03. The number of methoxy groups -OCH3 is 1. The van der Waals surface area contributed by atoms with Gasteiger partial charge in [-0.1, -0.05) is 31.8 Å². The standard InChI is InChI=1S/C14H27N3O2/c1-5-7-12(18-4)13-16-14(19-17-13)10(2)8-6-9-11(3)15/h10-12H,5-9,15H2,1-4H3. The average molecular weight is 269 g/mol. The van der Waals surface area contributed by atoms with E-state index in [0.29, 0.717) is 11.7 Å². The normalized spacial score (nSPS) is 16.3. The first-order valence-electron chi connectivity index (χ1n) is 7.20. The molecule has 0 aliphatic rings. The monoisotopic (exact) mass is 269 g/mol. The van der Waals surface area contributed by atoms with Gasteiger partial charge in [-0.2, -0.15) is 4.98 Å². The van der Waals surface area contributed by atoms with E-state index in [4.69, 9.17) is 15.0 Å². The van der Waals surface area contributed by atoms with Gasteiger partial charge in [0.25, 0.3) is 0 Å². The Morgan fingerprint density at radius 3 is 2.58 bits per heavy atom. The van der Waals surface area contributed by atoms with Crippen LogP contribution in [0.25, 0.3) is 0 Å². The number of hydrogen-bond donors (Lipinski definition) is 1. The predicted octanol–water partition coefficient (Wildman–Crippen LogP) is 3.18. The number of nitrogens with two attached hydrogens (primary N) is 1. The molecule has 3 unspecified atom stereocenters. The van der Waals surface area contributed by atoms with Crippen molar-refractivity contribution < 1.29 is 9.26 Å². The molecular formula is C14H27N3O2. The second-order valence-electron chi connectivity index (χ2n) is 5.31. The molecule has 0 spiro atoms. The Kier molecular flexibility index (Phi) is 7.02. The zero-order chi connectivity index (χ0) is 14.3. The molecule has 5 heteroatoms. The molecule has 1 heterocycles. The molecule has 0 radical (unpaired) electrons. The minimum Gasteiger partial charge on any atom is -0.373 e. The second kappa shape index (κ2) is 8.27. The molecule has 0 aliphatic heterocycles. The molecule has 0 fully saturated rings. The first kappa shape index (κ1) is 16.1. The average Bonchev–Trinajstić information content (AvgIpc) is 2.84. The van der Waals surface area contributed by atoms with Crippen molar-refractivity contribution in [1.29, 1.82) is 0 Å². The summed E-state index contributed by atoms with van der Waals surface area (Å²) in [7, 11) is 1.68. The molecule has 0 amide bonds. The maximum absolute atomic E-state index is 5.74. The lowest BCUT2D eigenvalue weighted by Gasteiger charge is -2.09. The van der Waals surface area contributed by atoms with Crippen molar-refractivity contribution in [3.05, 3.63) is 11.7 Å². The highest BCUT2D eigenvalue weighted by Gasteiger charge is 2.19. The van der Waals surface area contributed by atoms with Crippen LogP contribution in [0.3, 0.4) is 0 Å². The Morgan fingerprint density at radius 1 is 1.26 bits per heavy atom. The zero-order valence-electron chi connectivity index (χ0n) is 12.6. The van der Waals surface area contributed by atoms with E-state index in [1.807, 2.05) is 6.92 Å². The largest absolute Gasteiger partial charge is 0.373 e. The first-order chi connectivity index (χ1) is 9.08. The molecule has 0 saturated heterocycles. The van der Waals surface area contributed by atoms with E-state index in [0.717, 1.165) is 32.1 Å². The lowest BCUT2D eigenvalue weighted by atomic mass is 10.0. The van der Waals surface area contributed by atoms with Crippen molar-refractivity contribution in [3.63, 3.8) is 0 Å². The van der Waals surface area contributed by atoms with Crippen LogP contribution in [0.1, 0.15) is 76.6 Å². The van der Waals surface area contributed by atoms with Gasteiger partial charge in [0.2, 0.25) is 11.7 Å². The fourth-order valence-corrected chi connectivity index (χ4v) is 2.06. The van der Waals surface area contributed by atoms with Crippen LogP contribution in [0.4, 0.5) is 0 Å². The van der Waals surface area contributed by atoms with Crippen molar-refractivity contribution >= 4 is 0 Å². The van der Waals surface area contributed by atoms with E-state index in [-0.39, 0.29) is 18.1 Å². The Bertz CT molecular complexity index is 352. The van der Waals surface area contributed by atoms with E-state index in [1.165, 1.54) is 0 Å². The third-order valence-electron chi connectivity index (χ3n) is 3.30. The van der Waals surface area contributed by atoms with Gasteiger partial charge in [-0.25, -0.2) is 0 Å². The number of rotatable bonds is 9. The molecular weight excluding hydrogens is 242 g/mol. The summed E-state index contributed by atoms with van der Waals surface area (Å²) in [6, 6.07) is 0.257. The van der Waals surface area contributed by atoms with Crippen LogP contribution < -0.4 is 5.73 Å². The molecule has 3 atom stereocenters. The highest BCUT2D eigenvalue weighted by atomic mass is 16.5. The van der Waals surface area contributed by atoms with Crippen LogP contribution in [0.15, 0.2) is 4.52 Å². The maximum atomic E-state index is 5.74. The molecule has 0 aliphatic carbocycles.